The van der Waals surface area contributed by atoms with Crippen molar-refractivity contribution >= 4 is 23.4 Å². The second-order valence-electron chi connectivity index (χ2n) is 6.67. The number of thioether (sulfide) groups is 1. The fourth-order valence-electron chi connectivity index (χ4n) is 3.35. The van der Waals surface area contributed by atoms with Crippen molar-refractivity contribution < 1.29 is 4.79 Å². The molecule has 0 saturated heterocycles. The van der Waals surface area contributed by atoms with Crippen molar-refractivity contribution in [2.75, 3.05) is 11.4 Å². The molecule has 0 radical (unpaired) electrons. The Hall–Kier alpha value is -2.66. The van der Waals surface area contributed by atoms with Crippen LogP contribution >= 0.6 is 11.8 Å². The van der Waals surface area contributed by atoms with Crippen molar-refractivity contribution in [1.82, 2.24) is 9.97 Å². The number of fused-ring (bicyclic) bond motifs is 1. The minimum atomic E-state index is -0.249. The van der Waals surface area contributed by atoms with Gasteiger partial charge in [0.15, 0.2) is 5.16 Å². The van der Waals surface area contributed by atoms with E-state index in [1.807, 2.05) is 73.3 Å². The van der Waals surface area contributed by atoms with Gasteiger partial charge < -0.3 is 4.90 Å². The topological polar surface area (TPSA) is 46.1 Å². The maximum absolute atomic E-state index is 13.0. The molecule has 0 fully saturated rings. The normalized spacial score (nSPS) is 14.1. The number of benzene rings is 2. The zero-order chi connectivity index (χ0) is 18.8. The first-order valence-corrected chi connectivity index (χ1v) is 9.97. The Kier molecular flexibility index (Phi) is 4.94. The van der Waals surface area contributed by atoms with E-state index in [2.05, 4.69) is 16.0 Å². The lowest BCUT2D eigenvalue weighted by Gasteiger charge is -2.21. The van der Waals surface area contributed by atoms with E-state index >= 15 is 0 Å². The van der Waals surface area contributed by atoms with Crippen LogP contribution in [0.1, 0.15) is 18.2 Å². The van der Waals surface area contributed by atoms with Crippen LogP contribution in [0.2, 0.25) is 0 Å². The van der Waals surface area contributed by atoms with E-state index in [4.69, 9.17) is 0 Å². The standard InChI is InChI=1S/C22H21N3OS/c1-15-14-19(17-8-4-3-5-9-17)24-22(23-15)27-16(2)21(26)25-13-12-18-10-6-7-11-20(18)25/h3-11,14,16H,12-13H2,1-2H3/t16-/m1/s1. The van der Waals surface area contributed by atoms with Crippen LogP contribution in [0, 0.1) is 6.92 Å². The predicted molar refractivity (Wildman–Crippen MR) is 110 cm³/mol. The van der Waals surface area contributed by atoms with Gasteiger partial charge in [0.05, 0.1) is 10.9 Å². The van der Waals surface area contributed by atoms with E-state index in [1.54, 1.807) is 0 Å². The van der Waals surface area contributed by atoms with Gasteiger partial charge in [-0.15, -0.1) is 0 Å². The van der Waals surface area contributed by atoms with Gasteiger partial charge in [-0.2, -0.15) is 0 Å². The maximum Gasteiger partial charge on any atom is 0.240 e. The SMILES string of the molecule is Cc1cc(-c2ccccc2)nc(S[C@H](C)C(=O)N2CCc3ccccc32)n1. The van der Waals surface area contributed by atoms with Gasteiger partial charge in [0.25, 0.3) is 0 Å². The summed E-state index contributed by atoms with van der Waals surface area (Å²) < 4.78 is 0. The number of anilines is 1. The van der Waals surface area contributed by atoms with Crippen LogP contribution in [0.4, 0.5) is 5.69 Å². The fourth-order valence-corrected chi connectivity index (χ4v) is 4.24. The van der Waals surface area contributed by atoms with Crippen molar-refractivity contribution in [3.8, 4) is 11.3 Å². The highest BCUT2D eigenvalue weighted by Gasteiger charge is 2.28. The number of aryl methyl sites for hydroxylation is 1. The molecule has 1 aliphatic rings. The molecular formula is C22H21N3OS. The summed E-state index contributed by atoms with van der Waals surface area (Å²) in [5.74, 6) is 0.108. The molecular weight excluding hydrogens is 354 g/mol. The molecule has 0 bridgehead atoms. The number of rotatable bonds is 4. The van der Waals surface area contributed by atoms with Gasteiger partial charge >= 0.3 is 0 Å². The first kappa shape index (κ1) is 17.7. The first-order chi connectivity index (χ1) is 13.1. The highest BCUT2D eigenvalue weighted by molar-refractivity contribution is 8.00. The van der Waals surface area contributed by atoms with Crippen molar-refractivity contribution in [2.45, 2.75) is 30.7 Å². The predicted octanol–water partition coefficient (Wildman–Crippen LogP) is 4.52. The van der Waals surface area contributed by atoms with Crippen molar-refractivity contribution in [2.24, 2.45) is 0 Å². The number of nitrogens with zero attached hydrogens (tertiary/aromatic N) is 3. The molecule has 0 N–H and O–H groups in total. The van der Waals surface area contributed by atoms with E-state index in [1.165, 1.54) is 17.3 Å². The van der Waals surface area contributed by atoms with Crippen LogP contribution in [0.5, 0.6) is 0 Å². The minimum absolute atomic E-state index is 0.108. The maximum atomic E-state index is 13.0. The number of hydrogen-bond donors (Lipinski definition) is 0. The molecule has 4 rings (SSSR count). The number of aromatic nitrogens is 2. The second kappa shape index (κ2) is 7.53. The Morgan fingerprint density at radius 1 is 1.07 bits per heavy atom. The summed E-state index contributed by atoms with van der Waals surface area (Å²) >= 11 is 1.42. The molecule has 0 saturated carbocycles. The van der Waals surface area contributed by atoms with Crippen LogP contribution in [-0.2, 0) is 11.2 Å². The Labute approximate surface area is 163 Å². The molecule has 136 valence electrons. The van der Waals surface area contributed by atoms with E-state index in [0.29, 0.717) is 5.16 Å². The first-order valence-electron chi connectivity index (χ1n) is 9.09. The Morgan fingerprint density at radius 3 is 2.63 bits per heavy atom. The van der Waals surface area contributed by atoms with E-state index < -0.39 is 0 Å². The zero-order valence-corrected chi connectivity index (χ0v) is 16.2. The molecule has 0 unspecified atom stereocenters. The highest BCUT2D eigenvalue weighted by Crippen LogP contribution is 2.31. The van der Waals surface area contributed by atoms with Gasteiger partial charge in [0, 0.05) is 23.5 Å². The van der Waals surface area contributed by atoms with Gasteiger partial charge in [-0.3, -0.25) is 4.79 Å². The summed E-state index contributed by atoms with van der Waals surface area (Å²) in [6.45, 7) is 4.64. The Balaban J connectivity index is 1.54. The Morgan fingerprint density at radius 2 is 1.81 bits per heavy atom. The molecule has 27 heavy (non-hydrogen) atoms. The van der Waals surface area contributed by atoms with E-state index in [0.717, 1.165) is 35.6 Å². The number of hydrogen-bond acceptors (Lipinski definition) is 4. The summed E-state index contributed by atoms with van der Waals surface area (Å²) in [5, 5.41) is 0.392. The summed E-state index contributed by atoms with van der Waals surface area (Å²) in [6, 6.07) is 20.1. The molecule has 2 aromatic carbocycles. The number of para-hydroxylation sites is 1. The smallest absolute Gasteiger partial charge is 0.240 e. The summed E-state index contributed by atoms with van der Waals surface area (Å²) in [7, 11) is 0. The molecule has 5 heteroatoms. The lowest BCUT2D eigenvalue weighted by molar-refractivity contribution is -0.117. The molecule has 3 aromatic rings. The van der Waals surface area contributed by atoms with Crippen LogP contribution in [0.25, 0.3) is 11.3 Å². The molecule has 1 atom stereocenters. The van der Waals surface area contributed by atoms with Crippen LogP contribution < -0.4 is 4.90 Å². The lowest BCUT2D eigenvalue weighted by atomic mass is 10.1. The average molecular weight is 375 g/mol. The van der Waals surface area contributed by atoms with Gasteiger partial charge in [-0.1, -0.05) is 60.3 Å². The molecule has 4 nitrogen and oxygen atoms in total. The van der Waals surface area contributed by atoms with Crippen molar-refractivity contribution in [1.29, 1.82) is 0 Å². The minimum Gasteiger partial charge on any atom is -0.311 e. The van der Waals surface area contributed by atoms with Gasteiger partial charge in [0.1, 0.15) is 0 Å². The van der Waals surface area contributed by atoms with Crippen molar-refractivity contribution in [3.05, 3.63) is 71.9 Å². The monoisotopic (exact) mass is 375 g/mol. The third-order valence-electron chi connectivity index (χ3n) is 4.69. The largest absolute Gasteiger partial charge is 0.311 e. The second-order valence-corrected chi connectivity index (χ2v) is 7.98. The van der Waals surface area contributed by atoms with Crippen LogP contribution in [-0.4, -0.2) is 27.7 Å². The van der Waals surface area contributed by atoms with Gasteiger partial charge in [-0.25, -0.2) is 9.97 Å². The summed E-state index contributed by atoms with van der Waals surface area (Å²) in [5.41, 5.74) is 5.11. The zero-order valence-electron chi connectivity index (χ0n) is 15.4. The third-order valence-corrected chi connectivity index (χ3v) is 5.63. The highest BCUT2D eigenvalue weighted by atomic mass is 32.2. The molecule has 2 heterocycles. The average Bonchev–Trinajstić information content (AvgIpc) is 3.11. The van der Waals surface area contributed by atoms with Crippen LogP contribution in [0.3, 0.4) is 0 Å². The van der Waals surface area contributed by atoms with E-state index in [9.17, 15) is 4.79 Å². The summed E-state index contributed by atoms with van der Waals surface area (Å²) in [4.78, 5) is 24.1. The van der Waals surface area contributed by atoms with Crippen LogP contribution in [0.15, 0.2) is 65.8 Å². The quantitative estimate of drug-likeness (QED) is 0.497. The Bertz CT molecular complexity index is 974. The molecule has 1 amide bonds. The molecule has 1 aromatic heterocycles. The summed E-state index contributed by atoms with van der Waals surface area (Å²) in [6.07, 6.45) is 0.915. The van der Waals surface area contributed by atoms with Gasteiger partial charge in [-0.05, 0) is 38.0 Å². The molecule has 0 spiro atoms. The third kappa shape index (κ3) is 3.74. The van der Waals surface area contributed by atoms with E-state index in [-0.39, 0.29) is 11.2 Å². The van der Waals surface area contributed by atoms with Crippen molar-refractivity contribution in [3.63, 3.8) is 0 Å². The molecule has 0 aliphatic carbocycles. The fraction of sp³-hybridized carbons (Fsp3) is 0.227. The lowest BCUT2D eigenvalue weighted by Crippen LogP contribution is -2.35. The number of carbonyl (C=O) groups is 1. The number of amides is 1. The number of carbonyl (C=O) groups excluding carboxylic acids is 1. The van der Waals surface area contributed by atoms with Gasteiger partial charge in [0.2, 0.25) is 5.91 Å². The molecule has 1 aliphatic heterocycles.